The number of methoxy groups -OCH3 is 1. The zero-order valence-electron chi connectivity index (χ0n) is 9.25. The maximum atomic E-state index is 6.21. The molecule has 0 aromatic carbocycles. The minimum atomic E-state index is -0.309. The van der Waals surface area contributed by atoms with E-state index in [-0.39, 0.29) is 5.38 Å². The van der Waals surface area contributed by atoms with Gasteiger partial charge in [0.1, 0.15) is 12.2 Å². The third-order valence-electron chi connectivity index (χ3n) is 2.16. The van der Waals surface area contributed by atoms with Gasteiger partial charge in [-0.15, -0.1) is 11.6 Å². The van der Waals surface area contributed by atoms with Crippen molar-refractivity contribution in [2.24, 2.45) is 0 Å². The van der Waals surface area contributed by atoms with Gasteiger partial charge in [-0.2, -0.15) is 0 Å². The number of nitrogens with zero attached hydrogens (tertiary/aromatic N) is 4. The lowest BCUT2D eigenvalue weighted by atomic mass is 10.2. The SMILES string of the molecule is COc1cc(CC(Cl)c2ncccn2)ncn1. The lowest BCUT2D eigenvalue weighted by molar-refractivity contribution is 0.396. The van der Waals surface area contributed by atoms with Crippen LogP contribution in [0.25, 0.3) is 0 Å². The minimum absolute atomic E-state index is 0.309. The highest BCUT2D eigenvalue weighted by Gasteiger charge is 2.12. The Morgan fingerprint density at radius 2 is 2.00 bits per heavy atom. The van der Waals surface area contributed by atoms with Crippen molar-refractivity contribution in [2.75, 3.05) is 7.11 Å². The molecule has 0 spiro atoms. The second kappa shape index (κ2) is 5.54. The van der Waals surface area contributed by atoms with Gasteiger partial charge in [0, 0.05) is 30.6 Å². The van der Waals surface area contributed by atoms with Crippen LogP contribution in [0.15, 0.2) is 30.9 Å². The number of hydrogen-bond donors (Lipinski definition) is 0. The van der Waals surface area contributed by atoms with Crippen molar-refractivity contribution in [3.05, 3.63) is 42.4 Å². The molecular weight excluding hydrogens is 240 g/mol. The van der Waals surface area contributed by atoms with Crippen molar-refractivity contribution in [3.63, 3.8) is 0 Å². The highest BCUT2D eigenvalue weighted by Crippen LogP contribution is 2.21. The zero-order valence-corrected chi connectivity index (χ0v) is 10.0. The van der Waals surface area contributed by atoms with Gasteiger partial charge >= 0.3 is 0 Å². The van der Waals surface area contributed by atoms with Crippen LogP contribution in [0.5, 0.6) is 5.88 Å². The van der Waals surface area contributed by atoms with E-state index in [0.717, 1.165) is 5.69 Å². The topological polar surface area (TPSA) is 60.8 Å². The molecule has 0 aliphatic heterocycles. The molecule has 6 heteroatoms. The van der Waals surface area contributed by atoms with Crippen LogP contribution in [0.2, 0.25) is 0 Å². The molecule has 0 amide bonds. The molecule has 0 aliphatic rings. The van der Waals surface area contributed by atoms with Crippen LogP contribution in [-0.2, 0) is 6.42 Å². The van der Waals surface area contributed by atoms with Crippen molar-refractivity contribution >= 4 is 11.6 Å². The quantitative estimate of drug-likeness (QED) is 0.775. The molecule has 0 fully saturated rings. The lowest BCUT2D eigenvalue weighted by Gasteiger charge is -2.07. The lowest BCUT2D eigenvalue weighted by Crippen LogP contribution is -2.03. The van der Waals surface area contributed by atoms with Gasteiger partial charge in [0.05, 0.1) is 12.5 Å². The number of hydrogen-bond acceptors (Lipinski definition) is 5. The predicted octanol–water partition coefficient (Wildman–Crippen LogP) is 1.80. The first kappa shape index (κ1) is 11.7. The van der Waals surface area contributed by atoms with E-state index < -0.39 is 0 Å². The third kappa shape index (κ3) is 3.10. The van der Waals surface area contributed by atoms with Gasteiger partial charge < -0.3 is 4.74 Å². The van der Waals surface area contributed by atoms with Crippen LogP contribution >= 0.6 is 11.6 Å². The summed E-state index contributed by atoms with van der Waals surface area (Å²) in [6.45, 7) is 0. The second-order valence-corrected chi connectivity index (χ2v) is 3.86. The largest absolute Gasteiger partial charge is 0.481 e. The number of ether oxygens (including phenoxy) is 1. The normalized spacial score (nSPS) is 12.1. The average Bonchev–Trinajstić information content (AvgIpc) is 2.40. The fourth-order valence-corrected chi connectivity index (χ4v) is 1.62. The number of alkyl halides is 1. The van der Waals surface area contributed by atoms with Gasteiger partial charge in [-0.25, -0.2) is 19.9 Å². The van der Waals surface area contributed by atoms with Crippen LogP contribution in [-0.4, -0.2) is 27.0 Å². The molecule has 0 N–H and O–H groups in total. The summed E-state index contributed by atoms with van der Waals surface area (Å²) in [6.07, 6.45) is 5.31. The first-order valence-corrected chi connectivity index (χ1v) is 5.49. The van der Waals surface area contributed by atoms with E-state index in [1.165, 1.54) is 6.33 Å². The average molecular weight is 251 g/mol. The van der Waals surface area contributed by atoms with Gasteiger partial charge in [0.2, 0.25) is 5.88 Å². The van der Waals surface area contributed by atoms with E-state index in [2.05, 4.69) is 19.9 Å². The van der Waals surface area contributed by atoms with E-state index >= 15 is 0 Å². The molecule has 88 valence electrons. The smallest absolute Gasteiger partial charge is 0.216 e. The van der Waals surface area contributed by atoms with E-state index in [1.807, 2.05) is 0 Å². The molecule has 0 bridgehead atoms. The van der Waals surface area contributed by atoms with Gasteiger partial charge in [-0.3, -0.25) is 0 Å². The minimum Gasteiger partial charge on any atom is -0.481 e. The number of aromatic nitrogens is 4. The Bertz CT molecular complexity index is 480. The fourth-order valence-electron chi connectivity index (χ4n) is 1.35. The molecule has 2 heterocycles. The van der Waals surface area contributed by atoms with Gasteiger partial charge in [0.25, 0.3) is 0 Å². The van der Waals surface area contributed by atoms with E-state index in [0.29, 0.717) is 18.1 Å². The summed E-state index contributed by atoms with van der Waals surface area (Å²) in [5.41, 5.74) is 0.796. The monoisotopic (exact) mass is 250 g/mol. The molecular formula is C11H11ClN4O. The van der Waals surface area contributed by atoms with Crippen molar-refractivity contribution < 1.29 is 4.74 Å². The molecule has 17 heavy (non-hydrogen) atoms. The number of rotatable bonds is 4. The Kier molecular flexibility index (Phi) is 3.82. The summed E-state index contributed by atoms with van der Waals surface area (Å²) in [5.74, 6) is 1.11. The van der Waals surface area contributed by atoms with Gasteiger partial charge in [-0.05, 0) is 6.07 Å². The molecule has 0 saturated heterocycles. The molecule has 1 unspecified atom stereocenters. The summed E-state index contributed by atoms with van der Waals surface area (Å²) in [7, 11) is 1.56. The summed E-state index contributed by atoms with van der Waals surface area (Å²) in [6, 6.07) is 3.50. The Morgan fingerprint density at radius 3 is 2.71 bits per heavy atom. The van der Waals surface area contributed by atoms with Crippen LogP contribution < -0.4 is 4.74 Å². The molecule has 2 aromatic rings. The van der Waals surface area contributed by atoms with Gasteiger partial charge in [0.15, 0.2) is 0 Å². The molecule has 0 aliphatic carbocycles. The van der Waals surface area contributed by atoms with Crippen molar-refractivity contribution in [3.8, 4) is 5.88 Å². The van der Waals surface area contributed by atoms with Gasteiger partial charge in [-0.1, -0.05) is 0 Å². The molecule has 2 aromatic heterocycles. The molecule has 5 nitrogen and oxygen atoms in total. The molecule has 0 radical (unpaired) electrons. The Morgan fingerprint density at radius 1 is 1.24 bits per heavy atom. The predicted molar refractivity (Wildman–Crippen MR) is 62.9 cm³/mol. The standard InChI is InChI=1S/C11H11ClN4O/c1-17-10-6-8(15-7-16-10)5-9(12)11-13-3-2-4-14-11/h2-4,6-7,9H,5H2,1H3. The number of halogens is 1. The Balaban J connectivity index is 2.10. The van der Waals surface area contributed by atoms with Crippen LogP contribution in [0, 0.1) is 0 Å². The summed E-state index contributed by atoms with van der Waals surface area (Å²) >= 11 is 6.21. The Hall–Kier alpha value is -1.75. The molecule has 1 atom stereocenters. The van der Waals surface area contributed by atoms with Crippen LogP contribution in [0.3, 0.4) is 0 Å². The summed E-state index contributed by atoms with van der Waals surface area (Å²) in [4.78, 5) is 16.3. The first-order valence-electron chi connectivity index (χ1n) is 5.05. The zero-order chi connectivity index (χ0) is 12.1. The maximum absolute atomic E-state index is 6.21. The van der Waals surface area contributed by atoms with Crippen molar-refractivity contribution in [1.82, 2.24) is 19.9 Å². The van der Waals surface area contributed by atoms with Crippen LogP contribution in [0.1, 0.15) is 16.9 Å². The van der Waals surface area contributed by atoms with E-state index in [4.69, 9.17) is 16.3 Å². The Labute approximate surface area is 104 Å². The first-order chi connectivity index (χ1) is 8.29. The summed E-state index contributed by atoms with van der Waals surface area (Å²) in [5, 5.41) is -0.309. The van der Waals surface area contributed by atoms with E-state index in [9.17, 15) is 0 Å². The van der Waals surface area contributed by atoms with Crippen molar-refractivity contribution in [1.29, 1.82) is 0 Å². The summed E-state index contributed by atoms with van der Waals surface area (Å²) < 4.78 is 5.02. The van der Waals surface area contributed by atoms with Crippen molar-refractivity contribution in [2.45, 2.75) is 11.8 Å². The van der Waals surface area contributed by atoms with E-state index in [1.54, 1.807) is 31.6 Å². The third-order valence-corrected chi connectivity index (χ3v) is 2.51. The highest BCUT2D eigenvalue weighted by molar-refractivity contribution is 6.20. The van der Waals surface area contributed by atoms with Crippen LogP contribution in [0.4, 0.5) is 0 Å². The second-order valence-electron chi connectivity index (χ2n) is 3.33. The maximum Gasteiger partial charge on any atom is 0.216 e. The fraction of sp³-hybridized carbons (Fsp3) is 0.273. The highest BCUT2D eigenvalue weighted by atomic mass is 35.5. The molecule has 2 rings (SSSR count). The molecule has 0 saturated carbocycles.